The van der Waals surface area contributed by atoms with Crippen molar-refractivity contribution in [2.24, 2.45) is 0 Å². The molecule has 0 bridgehead atoms. The van der Waals surface area contributed by atoms with Crippen molar-refractivity contribution < 1.29 is 39.2 Å². The lowest BCUT2D eigenvalue weighted by Crippen LogP contribution is -2.65. The molecule has 3 amide bonds. The minimum Gasteiger partial charge on any atom is -0.394 e. The van der Waals surface area contributed by atoms with E-state index in [9.17, 15) is 29.7 Å². The SMILES string of the molecule is CCCCCCCCCCCNC(=O)[C@H](CO[C@@H]1O[C@H](CO)[C@@H](O)[C@H](O)[C@H]1NC(=O)CCCCCCCCCCC)NC(=O)CCCCCCCCCCC. The monoisotopic (exact) mass is 784 g/mol. The van der Waals surface area contributed by atoms with E-state index in [1.165, 1.54) is 103 Å². The Morgan fingerprint density at radius 2 is 1.00 bits per heavy atom. The molecule has 11 heteroatoms. The maximum absolute atomic E-state index is 13.4. The number of hydrogen-bond acceptors (Lipinski definition) is 8. The smallest absolute Gasteiger partial charge is 0.244 e. The van der Waals surface area contributed by atoms with Gasteiger partial charge < -0.3 is 40.7 Å². The van der Waals surface area contributed by atoms with Crippen LogP contribution in [0.5, 0.6) is 0 Å². The van der Waals surface area contributed by atoms with E-state index in [1.54, 1.807) is 0 Å². The molecule has 1 aliphatic rings. The Labute approximate surface area is 335 Å². The lowest BCUT2D eigenvalue weighted by Gasteiger charge is -2.42. The molecule has 0 aliphatic carbocycles. The van der Waals surface area contributed by atoms with Crippen molar-refractivity contribution in [3.05, 3.63) is 0 Å². The number of aliphatic hydroxyl groups excluding tert-OH is 3. The van der Waals surface area contributed by atoms with Crippen LogP contribution in [0.25, 0.3) is 0 Å². The Hall–Kier alpha value is -1.79. The number of nitrogens with one attached hydrogen (secondary N) is 3. The first kappa shape index (κ1) is 51.2. The van der Waals surface area contributed by atoms with Gasteiger partial charge in [0.1, 0.15) is 30.4 Å². The van der Waals surface area contributed by atoms with Gasteiger partial charge in [0.05, 0.1) is 13.2 Å². The molecule has 0 saturated carbocycles. The number of carbonyl (C=O) groups excluding carboxylic acids is 3. The van der Waals surface area contributed by atoms with E-state index >= 15 is 0 Å². The second-order valence-electron chi connectivity index (χ2n) is 16.0. The predicted octanol–water partition coefficient (Wildman–Crippen LogP) is 7.90. The Kier molecular flexibility index (Phi) is 33.0. The molecule has 324 valence electrons. The largest absolute Gasteiger partial charge is 0.394 e. The van der Waals surface area contributed by atoms with Crippen molar-refractivity contribution in [2.45, 2.75) is 244 Å². The van der Waals surface area contributed by atoms with E-state index in [-0.39, 0.29) is 30.7 Å². The number of carbonyl (C=O) groups is 3. The molecule has 0 radical (unpaired) electrons. The molecule has 6 N–H and O–H groups in total. The zero-order valence-corrected chi connectivity index (χ0v) is 35.5. The van der Waals surface area contributed by atoms with Gasteiger partial charge >= 0.3 is 0 Å². The molecule has 1 aliphatic heterocycles. The molecule has 0 aromatic heterocycles. The van der Waals surface area contributed by atoms with Crippen LogP contribution in [0, 0.1) is 0 Å². The van der Waals surface area contributed by atoms with Gasteiger partial charge in [-0.3, -0.25) is 14.4 Å². The third-order valence-electron chi connectivity index (χ3n) is 10.9. The van der Waals surface area contributed by atoms with Gasteiger partial charge in [0.2, 0.25) is 17.7 Å². The van der Waals surface area contributed by atoms with Crippen LogP contribution in [0.4, 0.5) is 0 Å². The standard InChI is InChI=1S/C44H85N3O8/c1-4-7-10-13-16-19-22-25-28-31-38(49)46-36(43(53)45-33-30-27-24-21-18-15-12-9-6-3)35-54-44-40(42(52)41(51)37(34-48)55-44)47-39(50)32-29-26-23-20-17-14-11-8-5-2/h36-37,40-42,44,48,51-52H,4-35H2,1-3H3,(H,45,53)(H,46,49)(H,47,50)/t36-,37+,40+,41+,42+,44+/m0/s1. The molecule has 1 saturated heterocycles. The summed E-state index contributed by atoms with van der Waals surface area (Å²) >= 11 is 0. The number of amides is 3. The topological polar surface area (TPSA) is 166 Å². The summed E-state index contributed by atoms with van der Waals surface area (Å²) in [7, 11) is 0. The fourth-order valence-electron chi connectivity index (χ4n) is 7.24. The summed E-state index contributed by atoms with van der Waals surface area (Å²) < 4.78 is 11.9. The van der Waals surface area contributed by atoms with Crippen molar-refractivity contribution in [1.29, 1.82) is 0 Å². The summed E-state index contributed by atoms with van der Waals surface area (Å²) in [4.78, 5) is 39.4. The molecular formula is C44H85N3O8. The summed E-state index contributed by atoms with van der Waals surface area (Å²) in [6, 6.07) is -2.16. The zero-order valence-electron chi connectivity index (χ0n) is 35.5. The molecule has 1 rings (SSSR count). The van der Waals surface area contributed by atoms with Crippen LogP contribution >= 0.6 is 0 Å². The summed E-state index contributed by atoms with van der Waals surface area (Å²) in [6.07, 6.45) is 26.0. The fraction of sp³-hybridized carbons (Fsp3) is 0.932. The van der Waals surface area contributed by atoms with E-state index in [1.807, 2.05) is 0 Å². The first-order chi connectivity index (χ1) is 26.8. The minimum absolute atomic E-state index is 0.242. The van der Waals surface area contributed by atoms with Crippen molar-refractivity contribution in [2.75, 3.05) is 19.8 Å². The van der Waals surface area contributed by atoms with Crippen LogP contribution in [0.3, 0.4) is 0 Å². The number of hydrogen-bond donors (Lipinski definition) is 6. The molecule has 0 aromatic carbocycles. The average molecular weight is 784 g/mol. The second kappa shape index (κ2) is 35.4. The lowest BCUT2D eigenvalue weighted by molar-refractivity contribution is -0.271. The normalized spacial score (nSPS) is 20.3. The van der Waals surface area contributed by atoms with Gasteiger partial charge in [-0.25, -0.2) is 0 Å². The maximum atomic E-state index is 13.4. The fourth-order valence-corrected chi connectivity index (χ4v) is 7.24. The van der Waals surface area contributed by atoms with Crippen LogP contribution in [0.2, 0.25) is 0 Å². The van der Waals surface area contributed by atoms with Gasteiger partial charge in [-0.2, -0.15) is 0 Å². The Morgan fingerprint density at radius 1 is 0.582 bits per heavy atom. The zero-order chi connectivity index (χ0) is 40.4. The Balaban J connectivity index is 2.75. The van der Waals surface area contributed by atoms with Crippen molar-refractivity contribution >= 4 is 17.7 Å². The molecule has 0 spiro atoms. The molecule has 1 fully saturated rings. The van der Waals surface area contributed by atoms with Gasteiger partial charge in [-0.15, -0.1) is 0 Å². The minimum atomic E-state index is -1.47. The number of aliphatic hydroxyl groups is 3. The highest BCUT2D eigenvalue weighted by Gasteiger charge is 2.46. The quantitative estimate of drug-likeness (QED) is 0.0346. The molecule has 55 heavy (non-hydrogen) atoms. The van der Waals surface area contributed by atoms with Crippen molar-refractivity contribution in [3.8, 4) is 0 Å². The van der Waals surface area contributed by atoms with E-state index in [0.717, 1.165) is 64.2 Å². The highest BCUT2D eigenvalue weighted by molar-refractivity contribution is 5.87. The third kappa shape index (κ3) is 26.0. The van der Waals surface area contributed by atoms with Crippen LogP contribution in [-0.2, 0) is 23.9 Å². The summed E-state index contributed by atoms with van der Waals surface area (Å²) in [5.74, 6) is -0.918. The van der Waals surface area contributed by atoms with Gasteiger partial charge in [0.15, 0.2) is 6.29 Å². The predicted molar refractivity (Wildman–Crippen MR) is 221 cm³/mol. The summed E-state index contributed by atoms with van der Waals surface area (Å²) in [5, 5.41) is 40.0. The van der Waals surface area contributed by atoms with Gasteiger partial charge in [0.25, 0.3) is 0 Å². The van der Waals surface area contributed by atoms with Gasteiger partial charge in [-0.1, -0.05) is 175 Å². The van der Waals surface area contributed by atoms with E-state index in [2.05, 4.69) is 36.7 Å². The summed E-state index contributed by atoms with van der Waals surface area (Å²) in [6.45, 7) is 6.27. The van der Waals surface area contributed by atoms with Crippen molar-refractivity contribution in [1.82, 2.24) is 16.0 Å². The summed E-state index contributed by atoms with van der Waals surface area (Å²) in [5.41, 5.74) is 0. The third-order valence-corrected chi connectivity index (χ3v) is 10.9. The molecule has 1 heterocycles. The van der Waals surface area contributed by atoms with E-state index < -0.39 is 43.3 Å². The first-order valence-electron chi connectivity index (χ1n) is 22.9. The molecule has 6 atom stereocenters. The molecular weight excluding hydrogens is 698 g/mol. The number of rotatable bonds is 37. The maximum Gasteiger partial charge on any atom is 0.244 e. The highest BCUT2D eigenvalue weighted by Crippen LogP contribution is 2.23. The van der Waals surface area contributed by atoms with Gasteiger partial charge in [-0.05, 0) is 19.3 Å². The first-order valence-corrected chi connectivity index (χ1v) is 22.9. The Morgan fingerprint density at radius 3 is 1.45 bits per heavy atom. The van der Waals surface area contributed by atoms with Crippen LogP contribution in [0.1, 0.15) is 207 Å². The molecule has 0 aromatic rings. The van der Waals surface area contributed by atoms with Gasteiger partial charge in [0, 0.05) is 19.4 Å². The Bertz CT molecular complexity index is 941. The van der Waals surface area contributed by atoms with Crippen LogP contribution in [-0.4, -0.2) is 89.5 Å². The second-order valence-corrected chi connectivity index (χ2v) is 16.0. The van der Waals surface area contributed by atoms with Crippen LogP contribution in [0.15, 0.2) is 0 Å². The van der Waals surface area contributed by atoms with Crippen molar-refractivity contribution in [3.63, 3.8) is 0 Å². The number of ether oxygens (including phenoxy) is 2. The average Bonchev–Trinajstić information content (AvgIpc) is 3.18. The van der Waals surface area contributed by atoms with E-state index in [4.69, 9.17) is 9.47 Å². The van der Waals surface area contributed by atoms with Crippen LogP contribution < -0.4 is 16.0 Å². The molecule has 11 nitrogen and oxygen atoms in total. The lowest BCUT2D eigenvalue weighted by atomic mass is 9.96. The number of unbranched alkanes of at least 4 members (excludes halogenated alkanes) is 24. The van der Waals surface area contributed by atoms with E-state index in [0.29, 0.717) is 19.4 Å². The highest BCUT2D eigenvalue weighted by atomic mass is 16.7. The molecule has 0 unspecified atom stereocenters.